The highest BCUT2D eigenvalue weighted by Crippen LogP contribution is 2.53. The van der Waals surface area contributed by atoms with Gasteiger partial charge in [-0.05, 0) is 67.1 Å². The normalized spacial score (nSPS) is 33.2. The van der Waals surface area contributed by atoms with Crippen LogP contribution in [0.1, 0.15) is 22.3 Å². The molecule has 6 atom stereocenters. The van der Waals surface area contributed by atoms with Crippen LogP contribution in [-0.4, -0.2) is 74.6 Å². The zero-order chi connectivity index (χ0) is 23.9. The predicted octanol–water partition coefficient (Wildman–Crippen LogP) is 0.0904. The molecule has 0 aromatic heterocycles. The smallest absolute Gasteiger partial charge is 0.255 e. The molecule has 180 valence electrons. The number of amides is 1. The molecule has 0 aliphatic heterocycles. The number of carbonyl (C=O) groups is 3. The summed E-state index contributed by atoms with van der Waals surface area (Å²) in [5.41, 5.74) is 8.43. The summed E-state index contributed by atoms with van der Waals surface area (Å²) in [4.78, 5) is 40.1. The Hall–Kier alpha value is -1.49. The number of nitrogens with zero attached hydrogens (tertiary/aromatic N) is 1. The molecule has 3 aliphatic carbocycles. The van der Waals surface area contributed by atoms with E-state index in [1.807, 2.05) is 22.6 Å². The number of aliphatic hydroxyl groups is 3. The van der Waals surface area contributed by atoms with Gasteiger partial charge in [-0.15, -0.1) is 24.0 Å². The highest BCUT2D eigenvalue weighted by Gasteiger charge is 2.66. The molecule has 0 heterocycles. The van der Waals surface area contributed by atoms with Crippen LogP contribution in [0.4, 0.5) is 5.69 Å². The number of anilines is 1. The number of primary amides is 1. The summed E-state index contributed by atoms with van der Waals surface area (Å²) >= 11 is 1.95. The summed E-state index contributed by atoms with van der Waals surface area (Å²) in [7, 11) is 3.19. The molecule has 1 saturated carbocycles. The van der Waals surface area contributed by atoms with Crippen molar-refractivity contribution in [1.82, 2.24) is 4.90 Å². The van der Waals surface area contributed by atoms with Gasteiger partial charge in [0.2, 0.25) is 5.78 Å². The van der Waals surface area contributed by atoms with Gasteiger partial charge in [-0.1, -0.05) is 0 Å². The maximum Gasteiger partial charge on any atom is 0.255 e. The van der Waals surface area contributed by atoms with Gasteiger partial charge in [-0.25, -0.2) is 0 Å². The van der Waals surface area contributed by atoms with Gasteiger partial charge in [-0.2, -0.15) is 0 Å². The molecule has 33 heavy (non-hydrogen) atoms. The Morgan fingerprint density at radius 1 is 1.27 bits per heavy atom. The zero-order valence-corrected chi connectivity index (χ0v) is 22.3. The maximum absolute atomic E-state index is 13.4. The number of halogens is 2. The second kappa shape index (κ2) is 8.62. The number of Topliss-reactive ketones (excluding diaryl/α,β-unsaturated/α-hetero) is 2. The molecular formula is C21H25I2N3O7. The second-order valence-corrected chi connectivity index (χ2v) is 10.1. The van der Waals surface area contributed by atoms with Gasteiger partial charge >= 0.3 is 0 Å². The third-order valence-corrected chi connectivity index (χ3v) is 8.03. The number of likely N-dealkylation sites (N-methyl/N-ethyl adjacent to an activating group) is 1. The van der Waals surface area contributed by atoms with Crippen LogP contribution in [0.5, 0.6) is 5.75 Å². The third-order valence-electron chi connectivity index (χ3n) is 7.13. The standard InChI is InChI=1S/C21H24IN3O7.HI/c1-25(2)14-8-4-6-3-7-5-9(22)13(23)16(27)10(7)15(26)11(6)18(29)21(8,32)19(30)12(17(14)28)20(24)31;/h5-6,8,11,14,18,27-29,32H,3-4,23H2,1-2H3,(H2,24,31);1H/t6?,8?,11?,14-,18?,21?;/m0./s1. The van der Waals surface area contributed by atoms with E-state index in [0.717, 1.165) is 0 Å². The monoisotopic (exact) mass is 685 g/mol. The number of hydrogen-bond acceptors (Lipinski definition) is 9. The number of fused-ring (bicyclic) bond motifs is 3. The van der Waals surface area contributed by atoms with Crippen molar-refractivity contribution >= 4 is 69.7 Å². The van der Waals surface area contributed by atoms with Crippen molar-refractivity contribution in [2.24, 2.45) is 23.5 Å². The molecule has 1 amide bonds. The van der Waals surface area contributed by atoms with Crippen molar-refractivity contribution in [2.45, 2.75) is 30.6 Å². The van der Waals surface area contributed by atoms with Crippen molar-refractivity contribution in [1.29, 1.82) is 0 Å². The largest absolute Gasteiger partial charge is 0.510 e. The first-order chi connectivity index (χ1) is 14.8. The van der Waals surface area contributed by atoms with E-state index < -0.39 is 70.1 Å². The van der Waals surface area contributed by atoms with Crippen molar-refractivity contribution in [3.63, 3.8) is 0 Å². The number of nitrogens with two attached hydrogens (primary N) is 2. The summed E-state index contributed by atoms with van der Waals surface area (Å²) < 4.78 is 0.573. The van der Waals surface area contributed by atoms with Crippen molar-refractivity contribution in [3.05, 3.63) is 32.1 Å². The first-order valence-corrected chi connectivity index (χ1v) is 11.1. The van der Waals surface area contributed by atoms with Gasteiger partial charge in [0.25, 0.3) is 5.91 Å². The molecule has 0 saturated heterocycles. The fourth-order valence-electron chi connectivity index (χ4n) is 5.73. The number of ketones is 2. The minimum absolute atomic E-state index is 0. The molecule has 1 aromatic carbocycles. The number of phenols is 1. The molecule has 1 aromatic rings. The van der Waals surface area contributed by atoms with E-state index in [0.29, 0.717) is 15.6 Å². The van der Waals surface area contributed by atoms with Crippen molar-refractivity contribution < 1.29 is 34.8 Å². The van der Waals surface area contributed by atoms with E-state index in [2.05, 4.69) is 0 Å². The Morgan fingerprint density at radius 3 is 2.42 bits per heavy atom. The summed E-state index contributed by atoms with van der Waals surface area (Å²) in [6.07, 6.45) is -1.49. The van der Waals surface area contributed by atoms with E-state index in [1.54, 1.807) is 20.2 Å². The topological polar surface area (TPSA) is 187 Å². The summed E-state index contributed by atoms with van der Waals surface area (Å²) in [6, 6.07) is 0.719. The molecule has 8 N–H and O–H groups in total. The maximum atomic E-state index is 13.4. The molecule has 0 radical (unpaired) electrons. The van der Waals surface area contributed by atoms with Crippen molar-refractivity contribution in [2.75, 3.05) is 19.8 Å². The van der Waals surface area contributed by atoms with Crippen LogP contribution in [0.3, 0.4) is 0 Å². The molecule has 5 unspecified atom stereocenters. The first-order valence-electron chi connectivity index (χ1n) is 10.0. The number of carbonyl (C=O) groups excluding carboxylic acids is 3. The summed E-state index contributed by atoms with van der Waals surface area (Å²) in [5, 5.41) is 44.0. The van der Waals surface area contributed by atoms with Crippen LogP contribution in [-0.2, 0) is 16.0 Å². The SMILES string of the molecule is CN(C)[C@@H]1C(O)=C(C(N)=O)C(=O)C2(O)C(O)C3C(=O)c4c(cc(I)c(N)c4O)CC3CC12.I. The number of aromatic hydroxyl groups is 1. The lowest BCUT2D eigenvalue weighted by Gasteiger charge is -2.55. The number of benzene rings is 1. The second-order valence-electron chi connectivity index (χ2n) is 8.98. The van der Waals surface area contributed by atoms with E-state index >= 15 is 0 Å². The zero-order valence-electron chi connectivity index (χ0n) is 17.8. The van der Waals surface area contributed by atoms with Crippen LogP contribution in [0.25, 0.3) is 0 Å². The van der Waals surface area contributed by atoms with Crippen LogP contribution in [0.2, 0.25) is 0 Å². The minimum atomic E-state index is -2.52. The molecule has 4 rings (SSSR count). The van der Waals surface area contributed by atoms with E-state index in [-0.39, 0.29) is 41.6 Å². The molecule has 3 aliphatic rings. The molecular weight excluding hydrogens is 660 g/mol. The number of hydrogen-bond donors (Lipinski definition) is 6. The Labute approximate surface area is 220 Å². The minimum Gasteiger partial charge on any atom is -0.510 e. The third kappa shape index (κ3) is 3.47. The van der Waals surface area contributed by atoms with Crippen LogP contribution >= 0.6 is 46.6 Å². The quantitative estimate of drug-likeness (QED) is 0.109. The average Bonchev–Trinajstić information content (AvgIpc) is 2.68. The Balaban J connectivity index is 0.00000306. The Bertz CT molecular complexity index is 1110. The highest BCUT2D eigenvalue weighted by atomic mass is 127. The van der Waals surface area contributed by atoms with Crippen LogP contribution < -0.4 is 11.5 Å². The van der Waals surface area contributed by atoms with E-state index in [4.69, 9.17) is 11.5 Å². The average molecular weight is 685 g/mol. The van der Waals surface area contributed by atoms with Crippen LogP contribution in [0, 0.1) is 21.3 Å². The Kier molecular flexibility index (Phi) is 6.83. The van der Waals surface area contributed by atoms with Gasteiger partial charge < -0.3 is 31.9 Å². The number of aliphatic hydroxyl groups excluding tert-OH is 2. The molecule has 0 bridgehead atoms. The van der Waals surface area contributed by atoms with E-state index in [9.17, 15) is 34.8 Å². The summed E-state index contributed by atoms with van der Waals surface area (Å²) in [5.74, 6) is -6.72. The lowest BCUT2D eigenvalue weighted by Crippen LogP contribution is -2.71. The van der Waals surface area contributed by atoms with Crippen LogP contribution in [0.15, 0.2) is 17.4 Å². The van der Waals surface area contributed by atoms with Gasteiger partial charge in [-0.3, -0.25) is 19.3 Å². The number of phenolic OH excluding ortho intramolecular Hbond substituents is 1. The fraction of sp³-hybridized carbons (Fsp3) is 0.476. The molecule has 1 fully saturated rings. The number of rotatable bonds is 2. The molecule has 12 heteroatoms. The van der Waals surface area contributed by atoms with Crippen molar-refractivity contribution in [3.8, 4) is 5.75 Å². The van der Waals surface area contributed by atoms with Gasteiger partial charge in [0, 0.05) is 9.49 Å². The number of nitrogen functional groups attached to an aromatic ring is 1. The predicted molar refractivity (Wildman–Crippen MR) is 136 cm³/mol. The fourth-order valence-corrected chi connectivity index (χ4v) is 6.36. The first kappa shape index (κ1) is 26.1. The van der Waals surface area contributed by atoms with E-state index in [1.165, 1.54) is 4.90 Å². The lowest BCUT2D eigenvalue weighted by molar-refractivity contribution is -0.190. The van der Waals surface area contributed by atoms with Gasteiger partial charge in [0.15, 0.2) is 17.1 Å². The lowest BCUT2D eigenvalue weighted by atomic mass is 9.53. The molecule has 0 spiro atoms. The van der Waals surface area contributed by atoms with Gasteiger partial charge in [0.1, 0.15) is 17.4 Å². The van der Waals surface area contributed by atoms with Gasteiger partial charge in [0.05, 0.1) is 23.2 Å². The molecule has 10 nitrogen and oxygen atoms in total. The Morgan fingerprint density at radius 2 is 1.88 bits per heavy atom. The highest BCUT2D eigenvalue weighted by molar-refractivity contribution is 14.1. The summed E-state index contributed by atoms with van der Waals surface area (Å²) in [6.45, 7) is 0.